The zero-order valence-electron chi connectivity index (χ0n) is 8.22. The zero-order valence-corrected chi connectivity index (χ0v) is 8.98. The summed E-state index contributed by atoms with van der Waals surface area (Å²) in [4.78, 5) is 16.2. The Hall–Kier alpha value is -1.35. The average molecular weight is 221 g/mol. The molecule has 0 bridgehead atoms. The van der Waals surface area contributed by atoms with Crippen molar-refractivity contribution in [2.24, 2.45) is 0 Å². The first-order valence-corrected chi connectivity index (χ1v) is 5.27. The van der Waals surface area contributed by atoms with Gasteiger partial charge in [-0.05, 0) is 19.8 Å². The molecule has 0 spiro atoms. The van der Waals surface area contributed by atoms with E-state index in [4.69, 9.17) is 11.6 Å². The van der Waals surface area contributed by atoms with Gasteiger partial charge in [0.1, 0.15) is 0 Å². The maximum atomic E-state index is 11.7. The first kappa shape index (κ1) is 8.92. The normalized spacial score (nSPS) is 17.2. The van der Waals surface area contributed by atoms with Crippen LogP contribution in [0.5, 0.6) is 0 Å². The van der Waals surface area contributed by atoms with Crippen LogP contribution < -0.4 is 5.32 Å². The van der Waals surface area contributed by atoms with E-state index in [1.807, 2.05) is 13.0 Å². The molecule has 0 unspecified atom stereocenters. The van der Waals surface area contributed by atoms with Gasteiger partial charge < -0.3 is 5.32 Å². The Labute approximate surface area is 92.2 Å². The number of carbonyl (C=O) groups is 1. The van der Waals surface area contributed by atoms with Crippen LogP contribution in [-0.2, 0) is 6.42 Å². The summed E-state index contributed by atoms with van der Waals surface area (Å²) in [6, 6.07) is 0. The number of hydrogen-bond acceptors (Lipinski definition) is 2. The molecule has 3 rings (SSSR count). The third-order valence-electron chi connectivity index (χ3n) is 2.85. The quantitative estimate of drug-likeness (QED) is 0.727. The molecule has 0 saturated carbocycles. The minimum absolute atomic E-state index is 0.102. The number of carbonyl (C=O) groups excluding carboxylic acids is 1. The molecule has 1 aromatic heterocycles. The largest absolute Gasteiger partial charge is 0.322 e. The zero-order chi connectivity index (χ0) is 10.6. The van der Waals surface area contributed by atoms with Crippen molar-refractivity contribution in [1.29, 1.82) is 0 Å². The van der Waals surface area contributed by atoms with Crippen LogP contribution in [0.4, 0.5) is 0 Å². The first-order valence-electron chi connectivity index (χ1n) is 4.89. The Morgan fingerprint density at radius 3 is 3.07 bits per heavy atom. The maximum Gasteiger partial charge on any atom is 0.258 e. The molecule has 0 radical (unpaired) electrons. The molecular formula is C11H9ClN2O. The Kier molecular flexibility index (Phi) is 1.68. The van der Waals surface area contributed by atoms with Gasteiger partial charge in [0.15, 0.2) is 0 Å². The summed E-state index contributed by atoms with van der Waals surface area (Å²) >= 11 is 6.10. The number of nitrogens with one attached hydrogen (secondary N) is 1. The number of nitrogens with zero attached hydrogens (tertiary/aromatic N) is 1. The second-order valence-corrected chi connectivity index (χ2v) is 4.20. The first-order chi connectivity index (χ1) is 7.18. The number of amides is 1. The van der Waals surface area contributed by atoms with E-state index in [2.05, 4.69) is 10.3 Å². The van der Waals surface area contributed by atoms with E-state index in [9.17, 15) is 4.79 Å². The number of aromatic nitrogens is 1. The highest BCUT2D eigenvalue weighted by atomic mass is 35.5. The van der Waals surface area contributed by atoms with E-state index >= 15 is 0 Å². The van der Waals surface area contributed by atoms with Gasteiger partial charge in [-0.2, -0.15) is 0 Å². The fourth-order valence-electron chi connectivity index (χ4n) is 2.18. The summed E-state index contributed by atoms with van der Waals surface area (Å²) in [5.74, 6) is -0.102. The van der Waals surface area contributed by atoms with Gasteiger partial charge in [0.05, 0.1) is 22.0 Å². The molecule has 3 nitrogen and oxygen atoms in total. The van der Waals surface area contributed by atoms with E-state index in [1.165, 1.54) is 0 Å². The molecular weight excluding hydrogens is 212 g/mol. The van der Waals surface area contributed by atoms with Crippen LogP contribution in [0.3, 0.4) is 0 Å². The van der Waals surface area contributed by atoms with Crippen molar-refractivity contribution in [3.05, 3.63) is 33.6 Å². The molecule has 15 heavy (non-hydrogen) atoms. The monoisotopic (exact) mass is 220 g/mol. The van der Waals surface area contributed by atoms with Crippen molar-refractivity contribution >= 4 is 23.2 Å². The lowest BCUT2D eigenvalue weighted by Gasteiger charge is -2.13. The van der Waals surface area contributed by atoms with E-state index < -0.39 is 0 Å². The third-order valence-corrected chi connectivity index (χ3v) is 3.32. The smallest absolute Gasteiger partial charge is 0.258 e. The molecule has 1 aliphatic heterocycles. The second-order valence-electron chi connectivity index (χ2n) is 3.82. The van der Waals surface area contributed by atoms with E-state index in [-0.39, 0.29) is 5.91 Å². The van der Waals surface area contributed by atoms with E-state index in [0.717, 1.165) is 35.5 Å². The number of aryl methyl sites for hydroxylation is 2. The number of rotatable bonds is 0. The van der Waals surface area contributed by atoms with Crippen molar-refractivity contribution in [1.82, 2.24) is 10.3 Å². The van der Waals surface area contributed by atoms with Crippen LogP contribution in [0.1, 0.15) is 33.7 Å². The van der Waals surface area contributed by atoms with Gasteiger partial charge >= 0.3 is 0 Å². The molecule has 0 saturated heterocycles. The number of hydrogen-bond donors (Lipinski definition) is 1. The van der Waals surface area contributed by atoms with Crippen molar-refractivity contribution < 1.29 is 4.79 Å². The highest BCUT2D eigenvalue weighted by Gasteiger charge is 2.32. The lowest BCUT2D eigenvalue weighted by atomic mass is 9.97. The van der Waals surface area contributed by atoms with Gasteiger partial charge in [0, 0.05) is 11.3 Å². The third kappa shape index (κ3) is 1.07. The molecule has 0 atom stereocenters. The van der Waals surface area contributed by atoms with Crippen molar-refractivity contribution in [3.8, 4) is 0 Å². The minimum Gasteiger partial charge on any atom is -0.322 e. The van der Waals surface area contributed by atoms with Gasteiger partial charge in [-0.25, -0.2) is 0 Å². The van der Waals surface area contributed by atoms with Crippen LogP contribution in [0.2, 0.25) is 5.02 Å². The van der Waals surface area contributed by atoms with Crippen molar-refractivity contribution in [2.75, 3.05) is 0 Å². The van der Waals surface area contributed by atoms with Crippen LogP contribution in [0, 0.1) is 6.92 Å². The molecule has 2 aliphatic rings. The maximum absolute atomic E-state index is 11.7. The predicted molar refractivity (Wildman–Crippen MR) is 57.7 cm³/mol. The highest BCUT2D eigenvalue weighted by molar-refractivity contribution is 6.36. The minimum atomic E-state index is -0.102. The van der Waals surface area contributed by atoms with Crippen LogP contribution in [0.25, 0.3) is 5.70 Å². The molecule has 4 heteroatoms. The standard InChI is InChI=1S/C11H9ClN2O/c1-5-10(12)9-8-6(13-5)3-2-4-7(8)14-11(9)15/h4H,2-3H2,1H3,(H,14,15). The molecule has 1 N–H and O–H groups in total. The summed E-state index contributed by atoms with van der Waals surface area (Å²) in [6.07, 6.45) is 3.85. The van der Waals surface area contributed by atoms with Crippen LogP contribution >= 0.6 is 11.6 Å². The Balaban J connectivity index is 2.42. The molecule has 1 aliphatic carbocycles. The van der Waals surface area contributed by atoms with Gasteiger partial charge in [-0.3, -0.25) is 9.78 Å². The fourth-order valence-corrected chi connectivity index (χ4v) is 2.40. The molecule has 0 aromatic carbocycles. The Morgan fingerprint density at radius 2 is 2.27 bits per heavy atom. The van der Waals surface area contributed by atoms with Gasteiger partial charge in [0.25, 0.3) is 5.91 Å². The lowest BCUT2D eigenvalue weighted by molar-refractivity contribution is 0.0981. The summed E-state index contributed by atoms with van der Waals surface area (Å²) in [5, 5.41) is 3.31. The molecule has 1 amide bonds. The topological polar surface area (TPSA) is 42.0 Å². The van der Waals surface area contributed by atoms with Crippen LogP contribution in [0.15, 0.2) is 6.08 Å². The van der Waals surface area contributed by atoms with E-state index in [0.29, 0.717) is 10.6 Å². The van der Waals surface area contributed by atoms with E-state index in [1.54, 1.807) is 0 Å². The highest BCUT2D eigenvalue weighted by Crippen LogP contribution is 2.36. The Morgan fingerprint density at radius 1 is 1.47 bits per heavy atom. The molecule has 1 aromatic rings. The summed E-state index contributed by atoms with van der Waals surface area (Å²) in [7, 11) is 0. The molecule has 0 fully saturated rings. The summed E-state index contributed by atoms with van der Waals surface area (Å²) in [5.41, 5.74) is 4.13. The number of halogens is 1. The van der Waals surface area contributed by atoms with Gasteiger partial charge in [-0.15, -0.1) is 0 Å². The predicted octanol–water partition coefficient (Wildman–Crippen LogP) is 2.07. The lowest BCUT2D eigenvalue weighted by Crippen LogP contribution is -2.12. The van der Waals surface area contributed by atoms with Gasteiger partial charge in [-0.1, -0.05) is 17.7 Å². The Bertz CT molecular complexity index is 520. The molecule has 76 valence electrons. The average Bonchev–Trinajstić information content (AvgIpc) is 2.53. The number of pyridine rings is 1. The summed E-state index contributed by atoms with van der Waals surface area (Å²) in [6.45, 7) is 1.84. The van der Waals surface area contributed by atoms with Gasteiger partial charge in [0.2, 0.25) is 0 Å². The van der Waals surface area contributed by atoms with Crippen molar-refractivity contribution in [2.45, 2.75) is 19.8 Å². The number of allylic oxidation sites excluding steroid dienone is 1. The van der Waals surface area contributed by atoms with Crippen molar-refractivity contribution in [3.63, 3.8) is 0 Å². The SMILES string of the molecule is Cc1nc2c3c(c1Cl)C(=O)NC3=CCC2. The van der Waals surface area contributed by atoms with Crippen LogP contribution in [-0.4, -0.2) is 10.9 Å². The second kappa shape index (κ2) is 2.83. The molecule has 2 heterocycles. The fraction of sp³-hybridized carbons (Fsp3) is 0.273. The summed E-state index contributed by atoms with van der Waals surface area (Å²) < 4.78 is 0.